The zero-order valence-corrected chi connectivity index (χ0v) is 16.7. The Balaban J connectivity index is 1.74. The molecule has 6 heteroatoms. The lowest BCUT2D eigenvalue weighted by Crippen LogP contribution is -2.24. The highest BCUT2D eigenvalue weighted by Gasteiger charge is 2.33. The first-order valence-corrected chi connectivity index (χ1v) is 9.42. The largest absolute Gasteiger partial charge is 0.497 e. The lowest BCUT2D eigenvalue weighted by atomic mass is 9.98. The van der Waals surface area contributed by atoms with Crippen LogP contribution in [-0.2, 0) is 4.79 Å². The predicted molar refractivity (Wildman–Crippen MR) is 111 cm³/mol. The van der Waals surface area contributed by atoms with Crippen LogP contribution in [0.15, 0.2) is 53.6 Å². The SMILES string of the molecule is COc1ccc2cc(C3CC(c4ccc(C)cc4)=NN3C(C)=O)c(Cl)nc2c1. The van der Waals surface area contributed by atoms with Crippen molar-refractivity contribution in [2.45, 2.75) is 26.3 Å². The lowest BCUT2D eigenvalue weighted by Gasteiger charge is -2.21. The van der Waals surface area contributed by atoms with Crippen molar-refractivity contribution in [1.29, 1.82) is 0 Å². The fourth-order valence-corrected chi connectivity index (χ4v) is 3.74. The Morgan fingerprint density at radius 2 is 1.93 bits per heavy atom. The molecule has 1 aliphatic heterocycles. The van der Waals surface area contributed by atoms with E-state index >= 15 is 0 Å². The number of carbonyl (C=O) groups excluding carboxylic acids is 1. The standard InChI is InChI=1S/C22H20ClN3O2/c1-13-4-6-15(7-5-13)20-12-21(26(25-20)14(2)27)18-10-16-8-9-17(28-3)11-19(16)24-22(18)23/h4-11,21H,12H2,1-3H3. The normalized spacial score (nSPS) is 16.4. The van der Waals surface area contributed by atoms with E-state index < -0.39 is 0 Å². The smallest absolute Gasteiger partial charge is 0.240 e. The highest BCUT2D eigenvalue weighted by atomic mass is 35.5. The molecule has 28 heavy (non-hydrogen) atoms. The monoisotopic (exact) mass is 393 g/mol. The number of methoxy groups -OCH3 is 1. The van der Waals surface area contributed by atoms with Crippen LogP contribution < -0.4 is 4.74 Å². The molecule has 1 atom stereocenters. The van der Waals surface area contributed by atoms with Gasteiger partial charge in [0.2, 0.25) is 5.91 Å². The summed E-state index contributed by atoms with van der Waals surface area (Å²) in [5, 5.41) is 7.41. The van der Waals surface area contributed by atoms with Crippen molar-refractivity contribution in [3.8, 4) is 5.75 Å². The molecule has 5 nitrogen and oxygen atoms in total. The van der Waals surface area contributed by atoms with E-state index in [-0.39, 0.29) is 11.9 Å². The van der Waals surface area contributed by atoms with E-state index in [1.807, 2.05) is 55.5 Å². The van der Waals surface area contributed by atoms with Crippen molar-refractivity contribution in [1.82, 2.24) is 9.99 Å². The van der Waals surface area contributed by atoms with Gasteiger partial charge in [-0.2, -0.15) is 5.10 Å². The second-order valence-electron chi connectivity index (χ2n) is 6.92. The van der Waals surface area contributed by atoms with Crippen molar-refractivity contribution in [2.75, 3.05) is 7.11 Å². The zero-order chi connectivity index (χ0) is 19.8. The van der Waals surface area contributed by atoms with E-state index in [1.165, 1.54) is 17.5 Å². The number of rotatable bonds is 3. The zero-order valence-electron chi connectivity index (χ0n) is 15.9. The minimum absolute atomic E-state index is 0.127. The molecule has 0 spiro atoms. The molecule has 1 aliphatic rings. The number of benzene rings is 2. The summed E-state index contributed by atoms with van der Waals surface area (Å²) >= 11 is 6.52. The Morgan fingerprint density at radius 3 is 2.61 bits per heavy atom. The first kappa shape index (κ1) is 18.4. The Hall–Kier alpha value is -2.92. The van der Waals surface area contributed by atoms with E-state index in [4.69, 9.17) is 16.3 Å². The number of amides is 1. The van der Waals surface area contributed by atoms with Gasteiger partial charge in [-0.15, -0.1) is 0 Å². The summed E-state index contributed by atoms with van der Waals surface area (Å²) in [6, 6.07) is 15.5. The minimum atomic E-state index is -0.277. The number of pyridine rings is 1. The predicted octanol–water partition coefficient (Wildman–Crippen LogP) is 4.90. The molecule has 3 aromatic rings. The van der Waals surface area contributed by atoms with Gasteiger partial charge in [0.25, 0.3) is 0 Å². The number of hydrogen-bond donors (Lipinski definition) is 0. The second kappa shape index (κ2) is 7.24. The average Bonchev–Trinajstić information content (AvgIpc) is 3.13. The highest BCUT2D eigenvalue weighted by Crippen LogP contribution is 2.37. The van der Waals surface area contributed by atoms with Crippen molar-refractivity contribution in [2.24, 2.45) is 5.10 Å². The molecular weight excluding hydrogens is 374 g/mol. The van der Waals surface area contributed by atoms with Crippen LogP contribution in [-0.4, -0.2) is 28.7 Å². The summed E-state index contributed by atoms with van der Waals surface area (Å²) in [6.07, 6.45) is 0.589. The molecule has 1 aromatic heterocycles. The van der Waals surface area contributed by atoms with Gasteiger partial charge in [0, 0.05) is 30.4 Å². The number of aryl methyl sites for hydroxylation is 1. The number of fused-ring (bicyclic) bond motifs is 1. The fourth-order valence-electron chi connectivity index (χ4n) is 3.46. The van der Waals surface area contributed by atoms with Gasteiger partial charge in [-0.3, -0.25) is 4.79 Å². The Kier molecular flexibility index (Phi) is 4.77. The molecule has 0 radical (unpaired) electrons. The van der Waals surface area contributed by atoms with Gasteiger partial charge in [-0.1, -0.05) is 41.4 Å². The van der Waals surface area contributed by atoms with Gasteiger partial charge in [-0.25, -0.2) is 9.99 Å². The van der Waals surface area contributed by atoms with E-state index in [0.717, 1.165) is 33.5 Å². The number of hydrazone groups is 1. The first-order valence-electron chi connectivity index (χ1n) is 9.05. The molecule has 1 amide bonds. The average molecular weight is 394 g/mol. The first-order chi connectivity index (χ1) is 13.5. The van der Waals surface area contributed by atoms with Crippen molar-refractivity contribution in [3.63, 3.8) is 0 Å². The van der Waals surface area contributed by atoms with Gasteiger partial charge in [0.15, 0.2) is 0 Å². The number of halogens is 1. The fraction of sp³-hybridized carbons (Fsp3) is 0.227. The van der Waals surface area contributed by atoms with E-state index in [2.05, 4.69) is 10.1 Å². The summed E-state index contributed by atoms with van der Waals surface area (Å²) in [6.45, 7) is 3.56. The van der Waals surface area contributed by atoms with Crippen LogP contribution in [0.2, 0.25) is 5.15 Å². The van der Waals surface area contributed by atoms with Crippen LogP contribution in [0.3, 0.4) is 0 Å². The molecule has 1 unspecified atom stereocenters. The highest BCUT2D eigenvalue weighted by molar-refractivity contribution is 6.30. The third kappa shape index (κ3) is 3.34. The second-order valence-corrected chi connectivity index (χ2v) is 7.28. The third-order valence-corrected chi connectivity index (χ3v) is 5.28. The Bertz CT molecular complexity index is 1090. The molecule has 142 valence electrons. The summed E-state index contributed by atoms with van der Waals surface area (Å²) in [5.41, 5.74) is 4.60. The molecule has 0 fully saturated rings. The lowest BCUT2D eigenvalue weighted by molar-refractivity contribution is -0.130. The van der Waals surface area contributed by atoms with Crippen molar-refractivity contribution in [3.05, 3.63) is 70.4 Å². The van der Waals surface area contributed by atoms with Crippen LogP contribution in [0.5, 0.6) is 5.75 Å². The maximum atomic E-state index is 12.3. The molecule has 2 heterocycles. The molecule has 0 saturated carbocycles. The van der Waals surface area contributed by atoms with Crippen LogP contribution in [0.25, 0.3) is 10.9 Å². The quantitative estimate of drug-likeness (QED) is 0.594. The third-order valence-electron chi connectivity index (χ3n) is 4.98. The molecule has 0 bridgehead atoms. The Morgan fingerprint density at radius 1 is 1.18 bits per heavy atom. The maximum absolute atomic E-state index is 12.3. The number of aromatic nitrogens is 1. The summed E-state index contributed by atoms with van der Waals surface area (Å²) in [5.74, 6) is 0.595. The maximum Gasteiger partial charge on any atom is 0.240 e. The van der Waals surface area contributed by atoms with Gasteiger partial charge in [0.1, 0.15) is 10.9 Å². The van der Waals surface area contributed by atoms with Gasteiger partial charge in [0.05, 0.1) is 24.4 Å². The van der Waals surface area contributed by atoms with E-state index in [0.29, 0.717) is 11.6 Å². The summed E-state index contributed by atoms with van der Waals surface area (Å²) in [7, 11) is 1.62. The summed E-state index contributed by atoms with van der Waals surface area (Å²) in [4.78, 5) is 16.8. The molecule has 0 N–H and O–H groups in total. The number of hydrogen-bond acceptors (Lipinski definition) is 4. The summed E-state index contributed by atoms with van der Waals surface area (Å²) < 4.78 is 5.26. The van der Waals surface area contributed by atoms with Crippen molar-refractivity contribution < 1.29 is 9.53 Å². The van der Waals surface area contributed by atoms with Crippen molar-refractivity contribution >= 4 is 34.1 Å². The molecule has 0 aliphatic carbocycles. The molecular formula is C22H20ClN3O2. The topological polar surface area (TPSA) is 54.8 Å². The van der Waals surface area contributed by atoms with Gasteiger partial charge in [-0.05, 0) is 30.7 Å². The van der Waals surface area contributed by atoms with Crippen LogP contribution in [0, 0.1) is 6.92 Å². The van der Waals surface area contributed by atoms with Gasteiger partial charge >= 0.3 is 0 Å². The number of nitrogens with zero attached hydrogens (tertiary/aromatic N) is 3. The van der Waals surface area contributed by atoms with E-state index in [1.54, 1.807) is 7.11 Å². The van der Waals surface area contributed by atoms with Crippen LogP contribution in [0.1, 0.15) is 36.1 Å². The van der Waals surface area contributed by atoms with Crippen LogP contribution >= 0.6 is 11.6 Å². The number of carbonyl (C=O) groups is 1. The molecule has 0 saturated heterocycles. The molecule has 2 aromatic carbocycles. The Labute approximate surface area is 168 Å². The van der Waals surface area contributed by atoms with E-state index in [9.17, 15) is 4.79 Å². The van der Waals surface area contributed by atoms with Gasteiger partial charge < -0.3 is 4.74 Å². The van der Waals surface area contributed by atoms with Crippen LogP contribution in [0.4, 0.5) is 0 Å². The minimum Gasteiger partial charge on any atom is -0.497 e. The molecule has 4 rings (SSSR count). The number of ether oxygens (including phenoxy) is 1.